The van der Waals surface area contributed by atoms with E-state index in [1.807, 2.05) is 12.1 Å². The Hall–Kier alpha value is -0.800. The van der Waals surface area contributed by atoms with Gasteiger partial charge in [0.2, 0.25) is 0 Å². The zero-order chi connectivity index (χ0) is 12.2. The van der Waals surface area contributed by atoms with E-state index in [0.29, 0.717) is 11.3 Å². The smallest absolute Gasteiger partial charge is 0.122 e. The number of nitrogens with two attached hydrogens (primary N) is 1. The minimum atomic E-state index is 0.118. The molecule has 0 saturated carbocycles. The van der Waals surface area contributed by atoms with Crippen LogP contribution in [0.4, 0.5) is 0 Å². The maximum atomic E-state index is 5.57. The average molecular weight is 224 g/mol. The van der Waals surface area contributed by atoms with Crippen molar-refractivity contribution < 1.29 is 4.42 Å². The van der Waals surface area contributed by atoms with E-state index in [4.69, 9.17) is 10.3 Å². The van der Waals surface area contributed by atoms with Gasteiger partial charge in [-0.2, -0.15) is 0 Å². The van der Waals surface area contributed by atoms with Crippen molar-refractivity contribution in [2.45, 2.75) is 46.6 Å². The number of hydrazine groups is 1. The SMILES string of the molecule is CC(CC(NN)c1ccco1)CC(C)(C)C. The molecule has 3 N–H and O–H groups in total. The molecule has 0 saturated heterocycles. The van der Waals surface area contributed by atoms with Gasteiger partial charge in [-0.05, 0) is 36.3 Å². The summed E-state index contributed by atoms with van der Waals surface area (Å²) in [6.45, 7) is 9.06. The van der Waals surface area contributed by atoms with Crippen LogP contribution in [0.2, 0.25) is 0 Å². The summed E-state index contributed by atoms with van der Waals surface area (Å²) < 4.78 is 5.38. The Morgan fingerprint density at radius 3 is 2.56 bits per heavy atom. The largest absolute Gasteiger partial charge is 0.468 e. The van der Waals surface area contributed by atoms with Gasteiger partial charge in [-0.25, -0.2) is 5.43 Å². The Morgan fingerprint density at radius 2 is 2.12 bits per heavy atom. The molecule has 0 aliphatic carbocycles. The quantitative estimate of drug-likeness (QED) is 0.596. The molecule has 0 bridgehead atoms. The molecule has 0 radical (unpaired) electrons. The van der Waals surface area contributed by atoms with Crippen molar-refractivity contribution in [1.29, 1.82) is 0 Å². The van der Waals surface area contributed by atoms with Crippen LogP contribution >= 0.6 is 0 Å². The predicted molar refractivity (Wildman–Crippen MR) is 66.6 cm³/mol. The average Bonchev–Trinajstić information content (AvgIpc) is 2.63. The van der Waals surface area contributed by atoms with Crippen LogP contribution in [0.1, 0.15) is 52.3 Å². The fraction of sp³-hybridized carbons (Fsp3) is 0.692. The predicted octanol–water partition coefficient (Wildman–Crippen LogP) is 3.25. The van der Waals surface area contributed by atoms with Crippen molar-refractivity contribution in [1.82, 2.24) is 5.43 Å². The first-order chi connectivity index (χ1) is 7.42. The second kappa shape index (κ2) is 5.51. The molecule has 92 valence electrons. The van der Waals surface area contributed by atoms with Gasteiger partial charge in [0.1, 0.15) is 5.76 Å². The van der Waals surface area contributed by atoms with Gasteiger partial charge in [0.05, 0.1) is 12.3 Å². The fourth-order valence-corrected chi connectivity index (χ4v) is 2.29. The second-order valence-corrected chi connectivity index (χ2v) is 5.84. The van der Waals surface area contributed by atoms with Crippen LogP contribution in [0.5, 0.6) is 0 Å². The summed E-state index contributed by atoms with van der Waals surface area (Å²) in [5.74, 6) is 7.10. The summed E-state index contributed by atoms with van der Waals surface area (Å²) in [5, 5.41) is 0. The minimum absolute atomic E-state index is 0.118. The molecule has 1 rings (SSSR count). The topological polar surface area (TPSA) is 51.2 Å². The van der Waals surface area contributed by atoms with Gasteiger partial charge in [0.15, 0.2) is 0 Å². The van der Waals surface area contributed by atoms with Crippen molar-refractivity contribution >= 4 is 0 Å². The first kappa shape index (κ1) is 13.3. The van der Waals surface area contributed by atoms with Crippen LogP contribution in [0.25, 0.3) is 0 Å². The highest BCUT2D eigenvalue weighted by atomic mass is 16.3. The first-order valence-corrected chi connectivity index (χ1v) is 5.92. The van der Waals surface area contributed by atoms with Gasteiger partial charge in [-0.3, -0.25) is 5.84 Å². The summed E-state index contributed by atoms with van der Waals surface area (Å²) in [5.41, 5.74) is 3.19. The van der Waals surface area contributed by atoms with Gasteiger partial charge < -0.3 is 4.42 Å². The number of hydrogen-bond acceptors (Lipinski definition) is 3. The van der Waals surface area contributed by atoms with E-state index in [2.05, 4.69) is 33.1 Å². The molecule has 2 unspecified atom stereocenters. The third-order valence-electron chi connectivity index (χ3n) is 2.69. The lowest BCUT2D eigenvalue weighted by Gasteiger charge is -2.25. The summed E-state index contributed by atoms with van der Waals surface area (Å²) in [6, 6.07) is 3.98. The lowest BCUT2D eigenvalue weighted by atomic mass is 9.83. The van der Waals surface area contributed by atoms with E-state index in [1.165, 1.54) is 6.42 Å². The minimum Gasteiger partial charge on any atom is -0.468 e. The van der Waals surface area contributed by atoms with Gasteiger partial charge in [-0.1, -0.05) is 27.7 Å². The molecule has 0 aliphatic rings. The van der Waals surface area contributed by atoms with E-state index in [-0.39, 0.29) is 6.04 Å². The van der Waals surface area contributed by atoms with E-state index < -0.39 is 0 Å². The molecule has 3 heteroatoms. The van der Waals surface area contributed by atoms with Crippen LogP contribution in [0.15, 0.2) is 22.8 Å². The van der Waals surface area contributed by atoms with E-state index >= 15 is 0 Å². The lowest BCUT2D eigenvalue weighted by molar-refractivity contribution is 0.265. The highest BCUT2D eigenvalue weighted by molar-refractivity contribution is 5.04. The summed E-state index contributed by atoms with van der Waals surface area (Å²) in [6.07, 6.45) is 3.88. The zero-order valence-corrected chi connectivity index (χ0v) is 10.8. The third kappa shape index (κ3) is 4.37. The molecular formula is C13H24N2O. The molecule has 2 atom stereocenters. The van der Waals surface area contributed by atoms with Crippen LogP contribution in [-0.2, 0) is 0 Å². The summed E-state index contributed by atoms with van der Waals surface area (Å²) >= 11 is 0. The van der Waals surface area contributed by atoms with Crippen LogP contribution < -0.4 is 11.3 Å². The standard InChI is InChI=1S/C13H24N2O/c1-10(9-13(2,3)4)8-11(15-14)12-6-5-7-16-12/h5-7,10-11,15H,8-9,14H2,1-4H3. The number of furan rings is 1. The molecule has 0 fully saturated rings. The highest BCUT2D eigenvalue weighted by Crippen LogP contribution is 2.30. The second-order valence-electron chi connectivity index (χ2n) is 5.84. The van der Waals surface area contributed by atoms with Crippen molar-refractivity contribution in [3.05, 3.63) is 24.2 Å². The Labute approximate surface area is 98.4 Å². The van der Waals surface area contributed by atoms with Gasteiger partial charge in [0, 0.05) is 0 Å². The molecule has 1 aromatic rings. The molecular weight excluding hydrogens is 200 g/mol. The van der Waals surface area contributed by atoms with Crippen LogP contribution in [0, 0.1) is 11.3 Å². The lowest BCUT2D eigenvalue weighted by Crippen LogP contribution is -2.29. The van der Waals surface area contributed by atoms with Gasteiger partial charge in [-0.15, -0.1) is 0 Å². The maximum absolute atomic E-state index is 5.57. The number of nitrogens with one attached hydrogen (secondary N) is 1. The van der Waals surface area contributed by atoms with Crippen LogP contribution in [-0.4, -0.2) is 0 Å². The normalized spacial score (nSPS) is 16.1. The summed E-state index contributed by atoms with van der Waals surface area (Å²) in [4.78, 5) is 0. The maximum Gasteiger partial charge on any atom is 0.122 e. The summed E-state index contributed by atoms with van der Waals surface area (Å²) in [7, 11) is 0. The molecule has 0 spiro atoms. The van der Waals surface area contributed by atoms with E-state index in [1.54, 1.807) is 6.26 Å². The van der Waals surface area contributed by atoms with Crippen LogP contribution in [0.3, 0.4) is 0 Å². The highest BCUT2D eigenvalue weighted by Gasteiger charge is 2.20. The molecule has 3 nitrogen and oxygen atoms in total. The molecule has 0 amide bonds. The van der Waals surface area contributed by atoms with Gasteiger partial charge in [0.25, 0.3) is 0 Å². The first-order valence-electron chi connectivity index (χ1n) is 5.92. The number of hydrogen-bond donors (Lipinski definition) is 2. The van der Waals surface area contributed by atoms with Crippen molar-refractivity contribution in [3.63, 3.8) is 0 Å². The Morgan fingerprint density at radius 1 is 1.44 bits per heavy atom. The molecule has 0 aliphatic heterocycles. The van der Waals surface area contributed by atoms with E-state index in [9.17, 15) is 0 Å². The van der Waals surface area contributed by atoms with Crippen molar-refractivity contribution in [2.75, 3.05) is 0 Å². The molecule has 16 heavy (non-hydrogen) atoms. The molecule has 1 aromatic heterocycles. The van der Waals surface area contributed by atoms with E-state index in [0.717, 1.165) is 12.2 Å². The Kier molecular flexibility index (Phi) is 4.56. The van der Waals surface area contributed by atoms with Gasteiger partial charge >= 0.3 is 0 Å². The zero-order valence-electron chi connectivity index (χ0n) is 10.8. The third-order valence-corrected chi connectivity index (χ3v) is 2.69. The molecule has 1 heterocycles. The van der Waals surface area contributed by atoms with Crippen molar-refractivity contribution in [3.8, 4) is 0 Å². The monoisotopic (exact) mass is 224 g/mol. The fourth-order valence-electron chi connectivity index (χ4n) is 2.29. The Balaban J connectivity index is 2.51. The molecule has 0 aromatic carbocycles. The van der Waals surface area contributed by atoms with Crippen molar-refractivity contribution in [2.24, 2.45) is 17.2 Å². The number of rotatable bonds is 5. The Bertz CT molecular complexity index is 287.